The molecule has 2 atom stereocenters. The maximum Gasteiger partial charge on any atom is 0.0706 e. The van der Waals surface area contributed by atoms with Crippen molar-refractivity contribution in [1.29, 1.82) is 0 Å². The number of nitrogens with one attached hydrogen (secondary N) is 1. The molecule has 0 saturated carbocycles. The standard InChI is InChI=1S/C15H30N2O/c1-12(2)17(10-14-6-8-16-9-7-14)11-15-5-4-13(3)18-15/h12-16H,4-11H2,1-3H3. The quantitative estimate of drug-likeness (QED) is 0.814. The number of hydrogen-bond acceptors (Lipinski definition) is 3. The molecule has 0 spiro atoms. The van der Waals surface area contributed by atoms with Gasteiger partial charge in [0.2, 0.25) is 0 Å². The molecule has 2 rings (SSSR count). The van der Waals surface area contributed by atoms with Crippen molar-refractivity contribution in [3.05, 3.63) is 0 Å². The summed E-state index contributed by atoms with van der Waals surface area (Å²) in [5.41, 5.74) is 0. The van der Waals surface area contributed by atoms with Crippen molar-refractivity contribution in [2.75, 3.05) is 26.2 Å². The second-order valence-electron chi connectivity index (χ2n) is 6.39. The van der Waals surface area contributed by atoms with Crippen molar-refractivity contribution in [3.63, 3.8) is 0 Å². The van der Waals surface area contributed by atoms with Gasteiger partial charge >= 0.3 is 0 Å². The van der Waals surface area contributed by atoms with Gasteiger partial charge in [-0.2, -0.15) is 0 Å². The Morgan fingerprint density at radius 2 is 1.83 bits per heavy atom. The van der Waals surface area contributed by atoms with Crippen LogP contribution in [0.5, 0.6) is 0 Å². The molecule has 3 heteroatoms. The zero-order chi connectivity index (χ0) is 13.0. The molecule has 1 N–H and O–H groups in total. The third-order valence-electron chi connectivity index (χ3n) is 4.44. The molecule has 0 aromatic carbocycles. The van der Waals surface area contributed by atoms with E-state index in [1.807, 2.05) is 0 Å². The van der Waals surface area contributed by atoms with Gasteiger partial charge in [0.25, 0.3) is 0 Å². The van der Waals surface area contributed by atoms with Crippen LogP contribution in [0.3, 0.4) is 0 Å². The van der Waals surface area contributed by atoms with E-state index in [1.165, 1.54) is 45.3 Å². The summed E-state index contributed by atoms with van der Waals surface area (Å²) < 4.78 is 5.98. The van der Waals surface area contributed by atoms with Crippen LogP contribution in [0, 0.1) is 5.92 Å². The number of nitrogens with zero attached hydrogens (tertiary/aromatic N) is 1. The minimum Gasteiger partial charge on any atom is -0.374 e. The lowest BCUT2D eigenvalue weighted by molar-refractivity contribution is 0.0193. The van der Waals surface area contributed by atoms with E-state index >= 15 is 0 Å². The molecule has 0 radical (unpaired) electrons. The van der Waals surface area contributed by atoms with Gasteiger partial charge in [-0.25, -0.2) is 0 Å². The predicted molar refractivity (Wildman–Crippen MR) is 75.9 cm³/mol. The summed E-state index contributed by atoms with van der Waals surface area (Å²) in [6.45, 7) is 11.6. The van der Waals surface area contributed by atoms with Crippen molar-refractivity contribution < 1.29 is 4.74 Å². The van der Waals surface area contributed by atoms with E-state index < -0.39 is 0 Å². The number of rotatable bonds is 5. The zero-order valence-corrected chi connectivity index (χ0v) is 12.3. The Morgan fingerprint density at radius 3 is 2.39 bits per heavy atom. The first kappa shape index (κ1) is 14.3. The molecule has 2 unspecified atom stereocenters. The Hall–Kier alpha value is -0.120. The van der Waals surface area contributed by atoms with Gasteiger partial charge in [0.15, 0.2) is 0 Å². The predicted octanol–water partition coefficient (Wildman–Crippen LogP) is 2.26. The van der Waals surface area contributed by atoms with Crippen LogP contribution in [-0.4, -0.2) is 49.3 Å². The normalized spacial score (nSPS) is 30.5. The van der Waals surface area contributed by atoms with Crippen LogP contribution in [0.25, 0.3) is 0 Å². The first-order chi connectivity index (χ1) is 8.65. The highest BCUT2D eigenvalue weighted by atomic mass is 16.5. The molecule has 18 heavy (non-hydrogen) atoms. The lowest BCUT2D eigenvalue weighted by Gasteiger charge is -2.34. The van der Waals surface area contributed by atoms with Gasteiger partial charge in [-0.1, -0.05) is 0 Å². The highest BCUT2D eigenvalue weighted by Crippen LogP contribution is 2.22. The second kappa shape index (κ2) is 6.88. The SMILES string of the molecule is CC1CCC(CN(CC2CCNCC2)C(C)C)O1. The Kier molecular flexibility index (Phi) is 5.46. The molecule has 2 heterocycles. The largest absolute Gasteiger partial charge is 0.374 e. The van der Waals surface area contributed by atoms with Crippen LogP contribution in [-0.2, 0) is 4.74 Å². The summed E-state index contributed by atoms with van der Waals surface area (Å²) in [5, 5.41) is 3.45. The Bertz CT molecular complexity index is 232. The molecule has 106 valence electrons. The van der Waals surface area contributed by atoms with E-state index in [0.717, 1.165) is 12.5 Å². The fourth-order valence-electron chi connectivity index (χ4n) is 3.17. The molecule has 2 aliphatic heterocycles. The molecule has 0 bridgehead atoms. The van der Waals surface area contributed by atoms with Crippen LogP contribution in [0.15, 0.2) is 0 Å². The molecule has 2 fully saturated rings. The average molecular weight is 254 g/mol. The number of ether oxygens (including phenoxy) is 1. The summed E-state index contributed by atoms with van der Waals surface area (Å²) in [7, 11) is 0. The Morgan fingerprint density at radius 1 is 1.11 bits per heavy atom. The van der Waals surface area contributed by atoms with E-state index in [0.29, 0.717) is 18.2 Å². The van der Waals surface area contributed by atoms with Crippen molar-refractivity contribution >= 4 is 0 Å². The van der Waals surface area contributed by atoms with Gasteiger partial charge < -0.3 is 10.1 Å². The molecular formula is C15H30N2O. The molecular weight excluding hydrogens is 224 g/mol. The first-order valence-corrected chi connectivity index (χ1v) is 7.75. The van der Waals surface area contributed by atoms with Crippen LogP contribution >= 0.6 is 0 Å². The van der Waals surface area contributed by atoms with E-state index in [-0.39, 0.29) is 0 Å². The zero-order valence-electron chi connectivity index (χ0n) is 12.3. The summed E-state index contributed by atoms with van der Waals surface area (Å²) in [5.74, 6) is 0.882. The summed E-state index contributed by atoms with van der Waals surface area (Å²) in [6, 6.07) is 0.638. The lowest BCUT2D eigenvalue weighted by atomic mass is 9.97. The number of hydrogen-bond donors (Lipinski definition) is 1. The van der Waals surface area contributed by atoms with E-state index in [1.54, 1.807) is 0 Å². The average Bonchev–Trinajstić information content (AvgIpc) is 2.75. The Labute approximate surface area is 112 Å². The topological polar surface area (TPSA) is 24.5 Å². The first-order valence-electron chi connectivity index (χ1n) is 7.75. The maximum atomic E-state index is 5.98. The van der Waals surface area contributed by atoms with E-state index in [4.69, 9.17) is 4.74 Å². The third kappa shape index (κ3) is 4.22. The smallest absolute Gasteiger partial charge is 0.0706 e. The highest BCUT2D eigenvalue weighted by molar-refractivity contribution is 4.79. The van der Waals surface area contributed by atoms with Crippen molar-refractivity contribution in [2.45, 2.75) is 64.7 Å². The fourth-order valence-corrected chi connectivity index (χ4v) is 3.17. The molecule has 2 saturated heterocycles. The Balaban J connectivity index is 1.79. The van der Waals surface area contributed by atoms with E-state index in [2.05, 4.69) is 31.0 Å². The molecule has 3 nitrogen and oxygen atoms in total. The van der Waals surface area contributed by atoms with E-state index in [9.17, 15) is 0 Å². The van der Waals surface area contributed by atoms with Gasteiger partial charge in [0, 0.05) is 19.1 Å². The van der Waals surface area contributed by atoms with Gasteiger partial charge in [-0.05, 0) is 65.5 Å². The molecule has 0 aromatic heterocycles. The number of piperidine rings is 1. The third-order valence-corrected chi connectivity index (χ3v) is 4.44. The minimum atomic E-state index is 0.475. The highest BCUT2D eigenvalue weighted by Gasteiger charge is 2.26. The summed E-state index contributed by atoms with van der Waals surface area (Å²) >= 11 is 0. The minimum absolute atomic E-state index is 0.475. The van der Waals surface area contributed by atoms with Gasteiger partial charge in [-0.3, -0.25) is 4.90 Å². The van der Waals surface area contributed by atoms with Gasteiger partial charge in [0.05, 0.1) is 12.2 Å². The van der Waals surface area contributed by atoms with Crippen LogP contribution < -0.4 is 5.32 Å². The molecule has 0 aromatic rings. The van der Waals surface area contributed by atoms with Gasteiger partial charge in [0.1, 0.15) is 0 Å². The second-order valence-corrected chi connectivity index (χ2v) is 6.39. The fraction of sp³-hybridized carbons (Fsp3) is 1.00. The van der Waals surface area contributed by atoms with Crippen molar-refractivity contribution in [3.8, 4) is 0 Å². The van der Waals surface area contributed by atoms with Gasteiger partial charge in [-0.15, -0.1) is 0 Å². The van der Waals surface area contributed by atoms with Crippen LogP contribution in [0.2, 0.25) is 0 Å². The maximum absolute atomic E-state index is 5.98. The summed E-state index contributed by atoms with van der Waals surface area (Å²) in [6.07, 6.45) is 6.11. The van der Waals surface area contributed by atoms with Crippen LogP contribution in [0.4, 0.5) is 0 Å². The molecule has 0 amide bonds. The monoisotopic (exact) mass is 254 g/mol. The molecule has 2 aliphatic rings. The summed E-state index contributed by atoms with van der Waals surface area (Å²) in [4.78, 5) is 2.64. The molecule has 0 aliphatic carbocycles. The van der Waals surface area contributed by atoms with Crippen LogP contribution in [0.1, 0.15) is 46.5 Å². The lowest BCUT2D eigenvalue weighted by Crippen LogP contribution is -2.43. The van der Waals surface area contributed by atoms with Crippen molar-refractivity contribution in [1.82, 2.24) is 10.2 Å². The van der Waals surface area contributed by atoms with Crippen molar-refractivity contribution in [2.24, 2.45) is 5.92 Å².